The molecule has 1 amide bonds. The Hall–Kier alpha value is -3.15. The zero-order valence-electron chi connectivity index (χ0n) is 14.6. The van der Waals surface area contributed by atoms with Crippen molar-refractivity contribution in [3.05, 3.63) is 42.1 Å². The fraction of sp³-hybridized carbons (Fsp3) is 0.211. The van der Waals surface area contributed by atoms with Crippen LogP contribution in [-0.2, 0) is 4.79 Å². The van der Waals surface area contributed by atoms with Crippen LogP contribution in [0.4, 0.5) is 5.69 Å². The number of hydrogen-bond donors (Lipinski definition) is 1. The zero-order chi connectivity index (χ0) is 18.0. The molecule has 2 aromatic heterocycles. The average molecular weight is 337 g/mol. The van der Waals surface area contributed by atoms with Crippen LogP contribution in [-0.4, -0.2) is 30.1 Å². The first-order valence-corrected chi connectivity index (χ1v) is 7.80. The highest BCUT2D eigenvalue weighted by Crippen LogP contribution is 2.35. The minimum Gasteiger partial charge on any atom is -0.494 e. The number of methoxy groups -OCH3 is 2. The molecule has 128 valence electrons. The van der Waals surface area contributed by atoms with Gasteiger partial charge in [0.25, 0.3) is 0 Å². The molecule has 0 fully saturated rings. The van der Waals surface area contributed by atoms with Crippen molar-refractivity contribution in [1.82, 2.24) is 9.97 Å². The lowest BCUT2D eigenvalue weighted by Gasteiger charge is -2.14. The maximum atomic E-state index is 11.5. The van der Waals surface area contributed by atoms with Crippen molar-refractivity contribution < 1.29 is 14.3 Å². The van der Waals surface area contributed by atoms with Crippen LogP contribution < -0.4 is 14.8 Å². The molecule has 6 nitrogen and oxygen atoms in total. The van der Waals surface area contributed by atoms with Crippen molar-refractivity contribution in [2.75, 3.05) is 19.5 Å². The summed E-state index contributed by atoms with van der Waals surface area (Å²) in [4.78, 5) is 20.4. The Morgan fingerprint density at radius 2 is 1.92 bits per heavy atom. The van der Waals surface area contributed by atoms with Gasteiger partial charge in [0.15, 0.2) is 0 Å². The average Bonchev–Trinajstić information content (AvgIpc) is 2.61. The molecule has 2 heterocycles. The van der Waals surface area contributed by atoms with Crippen LogP contribution in [0.25, 0.3) is 22.2 Å². The molecule has 0 aliphatic rings. The van der Waals surface area contributed by atoms with E-state index in [1.165, 1.54) is 6.92 Å². The van der Waals surface area contributed by atoms with Gasteiger partial charge in [0.1, 0.15) is 11.3 Å². The molecular weight excluding hydrogens is 318 g/mol. The Balaban J connectivity index is 2.25. The van der Waals surface area contributed by atoms with E-state index in [2.05, 4.69) is 10.3 Å². The number of nitrogens with zero attached hydrogens (tertiary/aromatic N) is 2. The number of amides is 1. The van der Waals surface area contributed by atoms with E-state index in [1.807, 2.05) is 31.2 Å². The van der Waals surface area contributed by atoms with Crippen molar-refractivity contribution in [3.8, 4) is 22.9 Å². The van der Waals surface area contributed by atoms with Gasteiger partial charge in [-0.15, -0.1) is 0 Å². The molecule has 0 atom stereocenters. The SMILES string of the molecule is COc1cc(-c2cc(C)c3c(NC(C)=O)ccc(OC)c3n2)ccn1. The molecule has 0 aliphatic heterocycles. The number of hydrogen-bond acceptors (Lipinski definition) is 5. The van der Waals surface area contributed by atoms with E-state index in [0.717, 1.165) is 22.2 Å². The molecule has 3 aromatic rings. The van der Waals surface area contributed by atoms with Gasteiger partial charge in [-0.3, -0.25) is 4.79 Å². The fourth-order valence-electron chi connectivity index (χ4n) is 2.80. The molecule has 6 heteroatoms. The van der Waals surface area contributed by atoms with Gasteiger partial charge in [-0.05, 0) is 36.8 Å². The summed E-state index contributed by atoms with van der Waals surface area (Å²) in [6.07, 6.45) is 1.68. The third-order valence-electron chi connectivity index (χ3n) is 3.89. The van der Waals surface area contributed by atoms with Crippen molar-refractivity contribution in [3.63, 3.8) is 0 Å². The smallest absolute Gasteiger partial charge is 0.221 e. The lowest BCUT2D eigenvalue weighted by atomic mass is 10.0. The zero-order valence-corrected chi connectivity index (χ0v) is 14.6. The van der Waals surface area contributed by atoms with E-state index < -0.39 is 0 Å². The summed E-state index contributed by atoms with van der Waals surface area (Å²) < 4.78 is 10.7. The number of aryl methyl sites for hydroxylation is 1. The number of fused-ring (bicyclic) bond motifs is 1. The lowest BCUT2D eigenvalue weighted by Crippen LogP contribution is -2.07. The summed E-state index contributed by atoms with van der Waals surface area (Å²) in [5.74, 6) is 1.04. The van der Waals surface area contributed by atoms with Crippen molar-refractivity contribution in [2.45, 2.75) is 13.8 Å². The Kier molecular flexibility index (Phi) is 4.52. The molecule has 25 heavy (non-hydrogen) atoms. The highest BCUT2D eigenvalue weighted by molar-refractivity contribution is 6.04. The second-order valence-electron chi connectivity index (χ2n) is 5.63. The van der Waals surface area contributed by atoms with Crippen LogP contribution in [0.1, 0.15) is 12.5 Å². The van der Waals surface area contributed by atoms with Crippen LogP contribution in [0.15, 0.2) is 36.5 Å². The molecular formula is C19H19N3O3. The maximum absolute atomic E-state index is 11.5. The Labute approximate surface area is 145 Å². The third kappa shape index (κ3) is 3.24. The van der Waals surface area contributed by atoms with E-state index in [4.69, 9.17) is 14.5 Å². The van der Waals surface area contributed by atoms with Crippen molar-refractivity contribution in [2.24, 2.45) is 0 Å². The molecule has 1 N–H and O–H groups in total. The number of carbonyl (C=O) groups is 1. The molecule has 0 unspecified atom stereocenters. The number of rotatable bonds is 4. The van der Waals surface area contributed by atoms with Crippen LogP contribution in [0, 0.1) is 6.92 Å². The fourth-order valence-corrected chi connectivity index (χ4v) is 2.80. The summed E-state index contributed by atoms with van der Waals surface area (Å²) in [5.41, 5.74) is 4.07. The van der Waals surface area contributed by atoms with Crippen molar-refractivity contribution >= 4 is 22.5 Å². The van der Waals surface area contributed by atoms with Gasteiger partial charge >= 0.3 is 0 Å². The van der Waals surface area contributed by atoms with Crippen molar-refractivity contribution in [1.29, 1.82) is 0 Å². The van der Waals surface area contributed by atoms with Gasteiger partial charge in [0.2, 0.25) is 11.8 Å². The molecule has 1 aromatic carbocycles. The minimum absolute atomic E-state index is 0.131. The highest BCUT2D eigenvalue weighted by atomic mass is 16.5. The minimum atomic E-state index is -0.131. The second-order valence-corrected chi connectivity index (χ2v) is 5.63. The normalized spacial score (nSPS) is 10.6. The number of nitrogens with one attached hydrogen (secondary N) is 1. The summed E-state index contributed by atoms with van der Waals surface area (Å²) in [7, 11) is 3.18. The number of anilines is 1. The van der Waals surface area contributed by atoms with Gasteiger partial charge in [-0.1, -0.05) is 0 Å². The molecule has 0 bridgehead atoms. The van der Waals surface area contributed by atoms with Crippen LogP contribution in [0.5, 0.6) is 11.6 Å². The molecule has 0 saturated carbocycles. The molecule has 0 radical (unpaired) electrons. The summed E-state index contributed by atoms with van der Waals surface area (Å²) in [5, 5.41) is 3.71. The Morgan fingerprint density at radius 3 is 2.60 bits per heavy atom. The number of carbonyl (C=O) groups excluding carboxylic acids is 1. The first-order chi connectivity index (χ1) is 12.0. The predicted octanol–water partition coefficient (Wildman–Crippen LogP) is 3.58. The van der Waals surface area contributed by atoms with Crippen LogP contribution in [0.2, 0.25) is 0 Å². The van der Waals surface area contributed by atoms with Gasteiger partial charge in [0, 0.05) is 30.1 Å². The first kappa shape index (κ1) is 16.7. The van der Waals surface area contributed by atoms with Gasteiger partial charge in [-0.2, -0.15) is 0 Å². The van der Waals surface area contributed by atoms with Gasteiger partial charge in [0.05, 0.1) is 25.6 Å². The van der Waals surface area contributed by atoms with Crippen LogP contribution in [0.3, 0.4) is 0 Å². The molecule has 0 saturated heterocycles. The second kappa shape index (κ2) is 6.76. The number of benzene rings is 1. The van der Waals surface area contributed by atoms with E-state index in [0.29, 0.717) is 22.8 Å². The quantitative estimate of drug-likeness (QED) is 0.788. The predicted molar refractivity (Wildman–Crippen MR) is 97.1 cm³/mol. The summed E-state index contributed by atoms with van der Waals surface area (Å²) >= 11 is 0. The standard InChI is InChI=1S/C19H19N3O3/c1-11-9-15(13-7-8-20-17(10-13)25-4)22-19-16(24-3)6-5-14(18(11)19)21-12(2)23/h5-10H,1-4H3,(H,21,23). The number of aromatic nitrogens is 2. The van der Waals surface area contributed by atoms with E-state index in [1.54, 1.807) is 26.5 Å². The van der Waals surface area contributed by atoms with Gasteiger partial charge in [-0.25, -0.2) is 9.97 Å². The third-order valence-corrected chi connectivity index (χ3v) is 3.89. The Morgan fingerprint density at radius 1 is 1.12 bits per heavy atom. The van der Waals surface area contributed by atoms with E-state index in [9.17, 15) is 4.79 Å². The topological polar surface area (TPSA) is 73.3 Å². The maximum Gasteiger partial charge on any atom is 0.221 e. The molecule has 0 aliphatic carbocycles. The Bertz CT molecular complexity index is 954. The monoisotopic (exact) mass is 337 g/mol. The van der Waals surface area contributed by atoms with Crippen LogP contribution >= 0.6 is 0 Å². The molecule has 3 rings (SSSR count). The number of pyridine rings is 2. The largest absolute Gasteiger partial charge is 0.494 e. The van der Waals surface area contributed by atoms with E-state index >= 15 is 0 Å². The molecule has 0 spiro atoms. The van der Waals surface area contributed by atoms with E-state index in [-0.39, 0.29) is 5.91 Å². The first-order valence-electron chi connectivity index (χ1n) is 7.80. The number of ether oxygens (including phenoxy) is 2. The highest BCUT2D eigenvalue weighted by Gasteiger charge is 2.14. The summed E-state index contributed by atoms with van der Waals surface area (Å²) in [6.45, 7) is 3.47. The lowest BCUT2D eigenvalue weighted by molar-refractivity contribution is -0.114. The summed E-state index contributed by atoms with van der Waals surface area (Å²) in [6, 6.07) is 9.31. The van der Waals surface area contributed by atoms with Gasteiger partial charge < -0.3 is 14.8 Å².